The second-order valence-electron chi connectivity index (χ2n) is 7.04. The number of amidine groups is 1. The van der Waals surface area contributed by atoms with Crippen LogP contribution in [0, 0.1) is 0 Å². The van der Waals surface area contributed by atoms with Crippen molar-refractivity contribution < 1.29 is 14.3 Å². The highest BCUT2D eigenvalue weighted by Gasteiger charge is 2.27. The Labute approximate surface area is 158 Å². The lowest BCUT2D eigenvalue weighted by Crippen LogP contribution is -2.45. The summed E-state index contributed by atoms with van der Waals surface area (Å²) in [7, 11) is 0. The Morgan fingerprint density at radius 1 is 1.41 bits per heavy atom. The lowest BCUT2D eigenvalue weighted by atomic mass is 10.0. The first kappa shape index (κ1) is 20.2. The van der Waals surface area contributed by atoms with Gasteiger partial charge in [-0.05, 0) is 63.6 Å². The summed E-state index contributed by atoms with van der Waals surface area (Å²) in [6.07, 6.45) is 1.92. The predicted molar refractivity (Wildman–Crippen MR) is 106 cm³/mol. The minimum Gasteiger partial charge on any atom is -0.444 e. The zero-order valence-corrected chi connectivity index (χ0v) is 15.8. The van der Waals surface area contributed by atoms with Gasteiger partial charge in [0, 0.05) is 18.0 Å². The Morgan fingerprint density at radius 3 is 2.78 bits per heavy atom. The van der Waals surface area contributed by atoms with Crippen molar-refractivity contribution in [3.8, 4) is 0 Å². The number of carbonyl (C=O) groups is 2. The fourth-order valence-corrected chi connectivity index (χ4v) is 2.65. The van der Waals surface area contributed by atoms with Gasteiger partial charge in [-0.3, -0.25) is 4.79 Å². The van der Waals surface area contributed by atoms with E-state index in [2.05, 4.69) is 39.4 Å². The molecule has 1 aliphatic heterocycles. The quantitative estimate of drug-likeness (QED) is 0.430. The lowest BCUT2D eigenvalue weighted by molar-refractivity contribution is -0.118. The molecule has 0 aliphatic carbocycles. The topological polar surface area (TPSA) is 104 Å². The molecule has 1 heterocycles. The largest absolute Gasteiger partial charge is 0.444 e. The van der Waals surface area contributed by atoms with Crippen LogP contribution in [-0.4, -0.2) is 36.2 Å². The Bertz CT molecular complexity index is 780. The first-order chi connectivity index (χ1) is 12.7. The number of carbonyl (C=O) groups excluding carboxylic acids is 2. The number of rotatable bonds is 4. The molecular formula is C19H25N5O3. The maximum Gasteiger partial charge on any atom is 0.408 e. The molecule has 1 aliphatic rings. The number of alkyl carbamates (subject to hydrolysis) is 1. The smallest absolute Gasteiger partial charge is 0.408 e. The standard InChI is InChI=1S/C19H25N5O3/c1-6-21-16(24-20-5)13-8-9-14-12(11-13)7-10-15(17(25)22-14)23-18(26)27-19(2,3)4/h6,8-9,11,15H,1,5,7,10H2,2-4H3,(H,21,24)(H,22,25)(H,23,26)/t15-/m0/s1. The predicted octanol–water partition coefficient (Wildman–Crippen LogP) is 2.56. The minimum atomic E-state index is -0.676. The Morgan fingerprint density at radius 2 is 2.15 bits per heavy atom. The minimum absolute atomic E-state index is 0.279. The van der Waals surface area contributed by atoms with Gasteiger partial charge in [-0.2, -0.15) is 5.10 Å². The number of nitrogens with one attached hydrogen (secondary N) is 3. The number of aryl methyl sites for hydroxylation is 1. The van der Waals surface area contributed by atoms with Gasteiger partial charge in [0.05, 0.1) is 0 Å². The number of hydrogen-bond acceptors (Lipinski definition) is 5. The summed E-state index contributed by atoms with van der Waals surface area (Å²) in [5.74, 6) is 0.222. The Balaban J connectivity index is 2.17. The van der Waals surface area contributed by atoms with Crippen LogP contribution in [0.3, 0.4) is 0 Å². The number of hydrogen-bond donors (Lipinski definition) is 3. The van der Waals surface area contributed by atoms with Gasteiger partial charge in [0.25, 0.3) is 0 Å². The zero-order chi connectivity index (χ0) is 20.0. The van der Waals surface area contributed by atoms with Crippen LogP contribution in [0.2, 0.25) is 0 Å². The van der Waals surface area contributed by atoms with E-state index < -0.39 is 17.7 Å². The first-order valence-corrected chi connectivity index (χ1v) is 8.58. The number of amides is 2. The number of fused-ring (bicyclic) bond motifs is 1. The van der Waals surface area contributed by atoms with Crippen LogP contribution in [0.15, 0.2) is 41.2 Å². The molecule has 0 saturated carbocycles. The van der Waals surface area contributed by atoms with Crippen molar-refractivity contribution in [2.24, 2.45) is 10.2 Å². The van der Waals surface area contributed by atoms with Crippen LogP contribution < -0.4 is 16.0 Å². The maximum atomic E-state index is 12.4. The van der Waals surface area contributed by atoms with Crippen LogP contribution in [0.5, 0.6) is 0 Å². The number of ether oxygens (including phenoxy) is 1. The molecule has 0 fully saturated rings. The summed E-state index contributed by atoms with van der Waals surface area (Å²) in [5, 5.41) is 15.9. The third-order valence-electron chi connectivity index (χ3n) is 3.76. The van der Waals surface area contributed by atoms with Gasteiger partial charge >= 0.3 is 6.09 Å². The molecule has 1 atom stereocenters. The summed E-state index contributed by atoms with van der Waals surface area (Å²) in [4.78, 5) is 24.4. The van der Waals surface area contributed by atoms with Crippen molar-refractivity contribution in [2.75, 3.05) is 5.32 Å². The van der Waals surface area contributed by atoms with E-state index in [1.165, 1.54) is 6.20 Å². The molecule has 0 aromatic heterocycles. The number of anilines is 1. The van der Waals surface area contributed by atoms with Crippen molar-refractivity contribution in [2.45, 2.75) is 45.3 Å². The maximum absolute atomic E-state index is 12.4. The van der Waals surface area contributed by atoms with Crippen LogP contribution in [0.4, 0.5) is 10.5 Å². The van der Waals surface area contributed by atoms with E-state index >= 15 is 0 Å². The molecule has 8 heteroatoms. The van der Waals surface area contributed by atoms with E-state index in [-0.39, 0.29) is 5.91 Å². The molecule has 2 amide bonds. The van der Waals surface area contributed by atoms with Crippen molar-refractivity contribution in [3.63, 3.8) is 0 Å². The molecule has 144 valence electrons. The van der Waals surface area contributed by atoms with E-state index in [1.807, 2.05) is 6.07 Å². The molecule has 3 N–H and O–H groups in total. The van der Waals surface area contributed by atoms with Crippen LogP contribution in [0.25, 0.3) is 0 Å². The molecule has 0 saturated heterocycles. The zero-order valence-electron chi connectivity index (χ0n) is 15.8. The Hall–Kier alpha value is -3.16. The van der Waals surface area contributed by atoms with Gasteiger partial charge in [0.2, 0.25) is 5.91 Å². The van der Waals surface area contributed by atoms with Crippen LogP contribution >= 0.6 is 0 Å². The molecule has 8 nitrogen and oxygen atoms in total. The first-order valence-electron chi connectivity index (χ1n) is 8.58. The molecule has 0 radical (unpaired) electrons. The highest BCUT2D eigenvalue weighted by molar-refractivity contribution is 6.01. The molecule has 2 rings (SSSR count). The third-order valence-corrected chi connectivity index (χ3v) is 3.76. The fraction of sp³-hybridized carbons (Fsp3) is 0.368. The summed E-state index contributed by atoms with van der Waals surface area (Å²) in [6, 6.07) is 4.83. The van der Waals surface area contributed by atoms with E-state index in [0.29, 0.717) is 24.4 Å². The van der Waals surface area contributed by atoms with Crippen molar-refractivity contribution >= 4 is 30.2 Å². The SMILES string of the molecule is C=CN/C(=N\N=C)c1ccc2c(c1)CC[C@H](NC(=O)OC(C)(C)C)C(=O)N2. The summed E-state index contributed by atoms with van der Waals surface area (Å²) in [6.45, 7) is 12.3. The average molecular weight is 371 g/mol. The number of nitrogens with zero attached hydrogens (tertiary/aromatic N) is 2. The second-order valence-corrected chi connectivity index (χ2v) is 7.04. The normalized spacial score (nSPS) is 17.1. The molecule has 1 aromatic carbocycles. The highest BCUT2D eigenvalue weighted by Crippen LogP contribution is 2.24. The average Bonchev–Trinajstić information content (AvgIpc) is 2.72. The second kappa shape index (κ2) is 8.48. The summed E-state index contributed by atoms with van der Waals surface area (Å²) in [5.41, 5.74) is 1.78. The monoisotopic (exact) mass is 371 g/mol. The van der Waals surface area contributed by atoms with Crippen molar-refractivity contribution in [1.82, 2.24) is 10.6 Å². The number of benzene rings is 1. The molecule has 1 aromatic rings. The molecular weight excluding hydrogens is 346 g/mol. The molecule has 27 heavy (non-hydrogen) atoms. The van der Waals surface area contributed by atoms with Gasteiger partial charge in [0.15, 0.2) is 5.84 Å². The third kappa shape index (κ3) is 5.67. The van der Waals surface area contributed by atoms with Gasteiger partial charge in [-0.15, -0.1) is 5.10 Å². The highest BCUT2D eigenvalue weighted by atomic mass is 16.6. The van der Waals surface area contributed by atoms with E-state index in [1.54, 1.807) is 32.9 Å². The summed E-state index contributed by atoms with van der Waals surface area (Å²) < 4.78 is 5.23. The molecule has 0 bridgehead atoms. The van der Waals surface area contributed by atoms with E-state index in [9.17, 15) is 9.59 Å². The van der Waals surface area contributed by atoms with Crippen molar-refractivity contribution in [1.29, 1.82) is 0 Å². The van der Waals surface area contributed by atoms with Gasteiger partial charge in [0.1, 0.15) is 11.6 Å². The van der Waals surface area contributed by atoms with E-state index in [0.717, 1.165) is 11.1 Å². The molecule has 0 spiro atoms. The fourth-order valence-electron chi connectivity index (χ4n) is 2.65. The summed E-state index contributed by atoms with van der Waals surface area (Å²) >= 11 is 0. The molecule has 0 unspecified atom stereocenters. The van der Waals surface area contributed by atoms with Crippen LogP contribution in [0.1, 0.15) is 38.3 Å². The van der Waals surface area contributed by atoms with E-state index in [4.69, 9.17) is 4.74 Å². The van der Waals surface area contributed by atoms with Crippen molar-refractivity contribution in [3.05, 3.63) is 42.1 Å². The lowest BCUT2D eigenvalue weighted by Gasteiger charge is -2.22. The van der Waals surface area contributed by atoms with Gasteiger partial charge in [-0.1, -0.05) is 6.58 Å². The Kier molecular flexibility index (Phi) is 6.33. The van der Waals surface area contributed by atoms with Gasteiger partial charge in [-0.25, -0.2) is 4.79 Å². The van der Waals surface area contributed by atoms with Gasteiger partial charge < -0.3 is 20.7 Å². The van der Waals surface area contributed by atoms with Crippen LogP contribution in [-0.2, 0) is 16.0 Å².